The molecule has 0 N–H and O–H groups in total. The van der Waals surface area contributed by atoms with Gasteiger partial charge in [0.25, 0.3) is 0 Å². The van der Waals surface area contributed by atoms with Gasteiger partial charge in [-0.1, -0.05) is 24.4 Å². The summed E-state index contributed by atoms with van der Waals surface area (Å²) >= 11 is 5.85. The van der Waals surface area contributed by atoms with E-state index in [9.17, 15) is 14.0 Å². The van der Waals surface area contributed by atoms with Crippen LogP contribution in [-0.4, -0.2) is 18.4 Å². The predicted molar refractivity (Wildman–Crippen MR) is 76.6 cm³/mol. The number of carbonyl (C=O) groups is 2. The van der Waals surface area contributed by atoms with Gasteiger partial charge >= 0.3 is 0 Å². The number of anilines is 1. The fourth-order valence-electron chi connectivity index (χ4n) is 2.18. The lowest BCUT2D eigenvalue weighted by Gasteiger charge is -2.28. The number of amides is 2. The summed E-state index contributed by atoms with van der Waals surface area (Å²) in [6, 6.07) is 2.22. The summed E-state index contributed by atoms with van der Waals surface area (Å²) in [6.45, 7) is 1.75. The minimum Gasteiger partial charge on any atom is -0.479 e. The second-order valence-corrected chi connectivity index (χ2v) is 5.27. The second-order valence-electron chi connectivity index (χ2n) is 4.86. The molecule has 1 aromatic rings. The molecular weight excluding hydrogens is 297 g/mol. The number of piperidine rings is 1. The van der Waals surface area contributed by atoms with Crippen molar-refractivity contribution in [2.45, 2.75) is 19.8 Å². The highest BCUT2D eigenvalue weighted by molar-refractivity contribution is 6.32. The summed E-state index contributed by atoms with van der Waals surface area (Å²) in [4.78, 5) is 24.9. The molecule has 1 aliphatic heterocycles. The Balaban J connectivity index is 2.41. The number of terminal acetylenes is 1. The van der Waals surface area contributed by atoms with Crippen molar-refractivity contribution in [2.24, 2.45) is 5.92 Å². The van der Waals surface area contributed by atoms with Crippen LogP contribution in [0.25, 0.3) is 0 Å². The predicted octanol–water partition coefficient (Wildman–Crippen LogP) is 2.78. The van der Waals surface area contributed by atoms with Crippen LogP contribution in [0.3, 0.4) is 0 Å². The molecule has 1 aliphatic rings. The smallest absolute Gasteiger partial charge is 0.234 e. The van der Waals surface area contributed by atoms with Crippen LogP contribution in [0.1, 0.15) is 19.8 Å². The Hall–Kier alpha value is -2.06. The van der Waals surface area contributed by atoms with Crippen molar-refractivity contribution in [2.75, 3.05) is 11.5 Å². The molecule has 0 aromatic heterocycles. The van der Waals surface area contributed by atoms with E-state index in [1.165, 1.54) is 6.07 Å². The molecule has 6 heteroatoms. The van der Waals surface area contributed by atoms with E-state index in [1.807, 2.05) is 0 Å². The number of halogens is 2. The molecule has 2 amide bonds. The lowest BCUT2D eigenvalue weighted by Crippen LogP contribution is -2.43. The van der Waals surface area contributed by atoms with Gasteiger partial charge in [-0.2, -0.15) is 0 Å². The van der Waals surface area contributed by atoms with Gasteiger partial charge in [0, 0.05) is 18.9 Å². The van der Waals surface area contributed by atoms with Crippen molar-refractivity contribution >= 4 is 29.1 Å². The fraction of sp³-hybridized carbons (Fsp3) is 0.333. The highest BCUT2D eigenvalue weighted by Gasteiger charge is 2.33. The zero-order valence-electron chi connectivity index (χ0n) is 11.4. The van der Waals surface area contributed by atoms with E-state index < -0.39 is 17.6 Å². The van der Waals surface area contributed by atoms with Gasteiger partial charge in [0.1, 0.15) is 18.2 Å². The van der Waals surface area contributed by atoms with E-state index in [2.05, 4.69) is 5.92 Å². The molecule has 0 aliphatic carbocycles. The Morgan fingerprint density at radius 2 is 2.05 bits per heavy atom. The summed E-state index contributed by atoms with van der Waals surface area (Å²) < 4.78 is 19.2. The summed E-state index contributed by atoms with van der Waals surface area (Å²) in [6.07, 6.45) is 5.46. The Labute approximate surface area is 126 Å². The summed E-state index contributed by atoms with van der Waals surface area (Å²) in [7, 11) is 0. The van der Waals surface area contributed by atoms with E-state index >= 15 is 0 Å². The van der Waals surface area contributed by atoms with Crippen molar-refractivity contribution in [3.8, 4) is 18.1 Å². The Bertz CT molecular complexity index is 621. The SMILES string of the molecule is C#CCOc1cc(N2C(=O)CC(C)CC2=O)c(F)cc1Cl. The Morgan fingerprint density at radius 1 is 1.43 bits per heavy atom. The largest absolute Gasteiger partial charge is 0.479 e. The molecule has 110 valence electrons. The first-order valence-electron chi connectivity index (χ1n) is 6.35. The second kappa shape index (κ2) is 6.15. The van der Waals surface area contributed by atoms with E-state index in [0.717, 1.165) is 11.0 Å². The fourth-order valence-corrected chi connectivity index (χ4v) is 2.38. The summed E-state index contributed by atoms with van der Waals surface area (Å²) in [5.74, 6) is 0.697. The normalized spacial score (nSPS) is 16.0. The minimum absolute atomic E-state index is 0.0248. The summed E-state index contributed by atoms with van der Waals surface area (Å²) in [5, 5.41) is 0.0248. The zero-order valence-corrected chi connectivity index (χ0v) is 12.1. The lowest BCUT2D eigenvalue weighted by atomic mass is 9.97. The number of rotatable bonds is 3. The lowest BCUT2D eigenvalue weighted by molar-refractivity contribution is -0.130. The number of imide groups is 1. The topological polar surface area (TPSA) is 46.6 Å². The Kier molecular flexibility index (Phi) is 4.49. The van der Waals surface area contributed by atoms with Crippen molar-refractivity contribution in [3.05, 3.63) is 23.0 Å². The van der Waals surface area contributed by atoms with E-state index in [4.69, 9.17) is 22.8 Å². The van der Waals surface area contributed by atoms with Crippen LogP contribution in [0.15, 0.2) is 12.1 Å². The van der Waals surface area contributed by atoms with Gasteiger partial charge in [-0.25, -0.2) is 9.29 Å². The monoisotopic (exact) mass is 309 g/mol. The molecule has 0 saturated carbocycles. The first-order chi connectivity index (χ1) is 9.93. The molecule has 0 atom stereocenters. The van der Waals surface area contributed by atoms with Gasteiger partial charge in [0.05, 0.1) is 10.7 Å². The van der Waals surface area contributed by atoms with E-state index in [-0.39, 0.29) is 41.8 Å². The highest BCUT2D eigenvalue weighted by Crippen LogP contribution is 2.35. The van der Waals surface area contributed by atoms with Crippen molar-refractivity contribution in [1.82, 2.24) is 0 Å². The number of benzene rings is 1. The zero-order chi connectivity index (χ0) is 15.6. The highest BCUT2D eigenvalue weighted by atomic mass is 35.5. The van der Waals surface area contributed by atoms with Crippen LogP contribution in [0.5, 0.6) is 5.75 Å². The molecule has 0 radical (unpaired) electrons. The molecular formula is C15H13ClFNO3. The van der Waals surface area contributed by atoms with Gasteiger partial charge in [-0.3, -0.25) is 9.59 Å². The maximum Gasteiger partial charge on any atom is 0.234 e. The van der Waals surface area contributed by atoms with Crippen molar-refractivity contribution in [3.63, 3.8) is 0 Å². The van der Waals surface area contributed by atoms with Crippen LogP contribution in [0, 0.1) is 24.1 Å². The molecule has 1 heterocycles. The van der Waals surface area contributed by atoms with E-state index in [0.29, 0.717) is 0 Å². The molecule has 0 bridgehead atoms. The third-order valence-corrected chi connectivity index (χ3v) is 3.39. The van der Waals surface area contributed by atoms with Crippen LogP contribution in [0.4, 0.5) is 10.1 Å². The average molecular weight is 310 g/mol. The van der Waals surface area contributed by atoms with Gasteiger partial charge < -0.3 is 4.74 Å². The maximum absolute atomic E-state index is 14.1. The molecule has 2 rings (SSSR count). The Morgan fingerprint density at radius 3 is 2.62 bits per heavy atom. The number of carbonyl (C=O) groups excluding carboxylic acids is 2. The molecule has 4 nitrogen and oxygen atoms in total. The molecule has 0 unspecified atom stereocenters. The standard InChI is InChI=1S/C15H13ClFNO3/c1-3-4-21-13-8-12(11(17)7-10(13)16)18-14(19)5-9(2)6-15(18)20/h1,7-9H,4-6H2,2H3. The average Bonchev–Trinajstić information content (AvgIpc) is 2.38. The number of hydrogen-bond donors (Lipinski definition) is 0. The third kappa shape index (κ3) is 3.17. The van der Waals surface area contributed by atoms with E-state index in [1.54, 1.807) is 6.92 Å². The van der Waals surface area contributed by atoms with Crippen molar-refractivity contribution in [1.29, 1.82) is 0 Å². The van der Waals surface area contributed by atoms with Gasteiger partial charge in [0.15, 0.2) is 0 Å². The van der Waals surface area contributed by atoms with Crippen LogP contribution in [0.2, 0.25) is 5.02 Å². The maximum atomic E-state index is 14.1. The molecule has 1 fully saturated rings. The van der Waals surface area contributed by atoms with Gasteiger partial charge in [0.2, 0.25) is 11.8 Å². The first-order valence-corrected chi connectivity index (χ1v) is 6.73. The number of hydrogen-bond acceptors (Lipinski definition) is 3. The third-order valence-electron chi connectivity index (χ3n) is 3.10. The molecule has 21 heavy (non-hydrogen) atoms. The first kappa shape index (κ1) is 15.3. The number of ether oxygens (including phenoxy) is 1. The van der Waals surface area contributed by atoms with Crippen molar-refractivity contribution < 1.29 is 18.7 Å². The molecule has 0 spiro atoms. The molecule has 1 saturated heterocycles. The van der Waals surface area contributed by atoms with Gasteiger partial charge in [-0.05, 0) is 12.0 Å². The number of nitrogens with zero attached hydrogens (tertiary/aromatic N) is 1. The minimum atomic E-state index is -0.760. The quantitative estimate of drug-likeness (QED) is 0.637. The van der Waals surface area contributed by atoms with Crippen LogP contribution >= 0.6 is 11.6 Å². The molecule has 1 aromatic carbocycles. The summed E-state index contributed by atoms with van der Waals surface area (Å²) in [5.41, 5.74) is -0.159. The van der Waals surface area contributed by atoms with Gasteiger partial charge in [-0.15, -0.1) is 6.42 Å². The van der Waals surface area contributed by atoms with Crippen LogP contribution in [-0.2, 0) is 9.59 Å². The van der Waals surface area contributed by atoms with Crippen LogP contribution < -0.4 is 9.64 Å².